The zero-order valence-corrected chi connectivity index (χ0v) is 9.82. The molecule has 0 aliphatic carbocycles. The number of aliphatic imine (C=N–C) groups is 1. The van der Waals surface area contributed by atoms with Crippen molar-refractivity contribution in [1.29, 1.82) is 0 Å². The summed E-state index contributed by atoms with van der Waals surface area (Å²) in [4.78, 5) is 14.0. The van der Waals surface area contributed by atoms with Gasteiger partial charge in [0.1, 0.15) is 0 Å². The SMILES string of the molecule is Nc1ccccc1N=Cc1cccc([N+](=O)[O-])c1[O-]. The number of nitrogens with two attached hydrogens (primary N) is 1. The summed E-state index contributed by atoms with van der Waals surface area (Å²) in [7, 11) is 0. The van der Waals surface area contributed by atoms with Crippen LogP contribution in [0.5, 0.6) is 5.75 Å². The van der Waals surface area contributed by atoms with Crippen molar-refractivity contribution >= 4 is 23.3 Å². The Bertz CT molecular complexity index is 653. The van der Waals surface area contributed by atoms with Crippen molar-refractivity contribution < 1.29 is 10.0 Å². The lowest BCUT2D eigenvalue weighted by atomic mass is 10.2. The molecular weight excluding hydrogens is 246 g/mol. The van der Waals surface area contributed by atoms with Crippen molar-refractivity contribution in [2.24, 2.45) is 4.99 Å². The Morgan fingerprint density at radius 3 is 2.58 bits per heavy atom. The summed E-state index contributed by atoms with van der Waals surface area (Å²) < 4.78 is 0. The molecule has 0 heterocycles. The highest BCUT2D eigenvalue weighted by Crippen LogP contribution is 2.26. The van der Waals surface area contributed by atoms with Gasteiger partial charge in [0.25, 0.3) is 5.69 Å². The average molecular weight is 256 g/mol. The van der Waals surface area contributed by atoms with E-state index in [0.717, 1.165) is 6.07 Å². The molecule has 6 nitrogen and oxygen atoms in total. The maximum Gasteiger partial charge on any atom is 0.262 e. The first-order valence-corrected chi connectivity index (χ1v) is 5.42. The topological polar surface area (TPSA) is 105 Å². The van der Waals surface area contributed by atoms with Gasteiger partial charge in [0.15, 0.2) is 0 Å². The van der Waals surface area contributed by atoms with E-state index in [2.05, 4.69) is 4.99 Å². The molecule has 0 unspecified atom stereocenters. The fourth-order valence-electron chi connectivity index (χ4n) is 1.53. The van der Waals surface area contributed by atoms with Gasteiger partial charge in [-0.3, -0.25) is 15.1 Å². The van der Waals surface area contributed by atoms with E-state index in [1.165, 1.54) is 18.3 Å². The number of benzene rings is 2. The molecule has 0 aromatic heterocycles. The average Bonchev–Trinajstić information content (AvgIpc) is 2.39. The molecule has 2 aromatic rings. The Labute approximate surface area is 109 Å². The number of nitrogens with zero attached hydrogens (tertiary/aromatic N) is 2. The molecule has 0 saturated carbocycles. The monoisotopic (exact) mass is 256 g/mol. The number of nitro groups is 1. The van der Waals surface area contributed by atoms with E-state index in [0.29, 0.717) is 11.4 Å². The largest absolute Gasteiger partial charge is 0.867 e. The van der Waals surface area contributed by atoms with Gasteiger partial charge in [-0.05, 0) is 23.4 Å². The molecule has 0 fully saturated rings. The van der Waals surface area contributed by atoms with Crippen molar-refractivity contribution in [3.8, 4) is 5.75 Å². The Kier molecular flexibility index (Phi) is 3.42. The quantitative estimate of drug-likeness (QED) is 0.392. The van der Waals surface area contributed by atoms with E-state index < -0.39 is 16.4 Å². The summed E-state index contributed by atoms with van der Waals surface area (Å²) >= 11 is 0. The first-order valence-electron chi connectivity index (χ1n) is 5.42. The van der Waals surface area contributed by atoms with Crippen LogP contribution in [0.2, 0.25) is 0 Å². The van der Waals surface area contributed by atoms with Crippen LogP contribution >= 0.6 is 0 Å². The Morgan fingerprint density at radius 1 is 1.16 bits per heavy atom. The van der Waals surface area contributed by atoms with E-state index >= 15 is 0 Å². The van der Waals surface area contributed by atoms with Crippen LogP contribution in [0.3, 0.4) is 0 Å². The Morgan fingerprint density at radius 2 is 1.89 bits per heavy atom. The molecule has 0 bridgehead atoms. The fourth-order valence-corrected chi connectivity index (χ4v) is 1.53. The van der Waals surface area contributed by atoms with Gasteiger partial charge < -0.3 is 10.8 Å². The number of hydrogen-bond acceptors (Lipinski definition) is 5. The number of anilines is 1. The highest BCUT2D eigenvalue weighted by atomic mass is 16.6. The predicted molar refractivity (Wildman–Crippen MR) is 70.7 cm³/mol. The third-order valence-corrected chi connectivity index (χ3v) is 2.50. The second-order valence-electron chi connectivity index (χ2n) is 3.77. The standard InChI is InChI=1S/C13H11N3O3/c14-10-5-1-2-6-11(10)15-8-9-4-3-7-12(13(9)17)16(18)19/h1-8,17H,14H2/p-1. The smallest absolute Gasteiger partial charge is 0.262 e. The molecule has 6 heteroatoms. The van der Waals surface area contributed by atoms with Crippen LogP contribution in [-0.2, 0) is 0 Å². The van der Waals surface area contributed by atoms with Crippen molar-refractivity contribution in [2.75, 3.05) is 5.73 Å². The highest BCUT2D eigenvalue weighted by molar-refractivity contribution is 5.88. The molecule has 2 rings (SSSR count). The third kappa shape index (κ3) is 2.68. The van der Waals surface area contributed by atoms with E-state index in [-0.39, 0.29) is 5.56 Å². The van der Waals surface area contributed by atoms with E-state index in [4.69, 9.17) is 5.73 Å². The molecule has 19 heavy (non-hydrogen) atoms. The van der Waals surface area contributed by atoms with Crippen LogP contribution in [0, 0.1) is 10.1 Å². The molecule has 2 N–H and O–H groups in total. The zero-order chi connectivity index (χ0) is 13.8. The number of para-hydroxylation sites is 3. The van der Waals surface area contributed by atoms with E-state index in [1.807, 2.05) is 0 Å². The maximum absolute atomic E-state index is 11.8. The Hall–Kier alpha value is -2.89. The molecule has 0 aliphatic rings. The van der Waals surface area contributed by atoms with Crippen LogP contribution in [0.1, 0.15) is 5.56 Å². The second kappa shape index (κ2) is 5.18. The number of rotatable bonds is 3. The van der Waals surface area contributed by atoms with Crippen LogP contribution in [0.25, 0.3) is 0 Å². The summed E-state index contributed by atoms with van der Waals surface area (Å²) in [5.74, 6) is -0.661. The predicted octanol–water partition coefficient (Wildman–Crippen LogP) is 2.00. The van der Waals surface area contributed by atoms with Gasteiger partial charge in [-0.15, -0.1) is 0 Å². The molecule has 0 spiro atoms. The van der Waals surface area contributed by atoms with Gasteiger partial charge in [-0.2, -0.15) is 0 Å². The van der Waals surface area contributed by atoms with Crippen LogP contribution < -0.4 is 10.8 Å². The van der Waals surface area contributed by atoms with Gasteiger partial charge >= 0.3 is 0 Å². The minimum Gasteiger partial charge on any atom is -0.867 e. The lowest BCUT2D eigenvalue weighted by Gasteiger charge is -2.09. The Balaban J connectivity index is 2.37. The van der Waals surface area contributed by atoms with Gasteiger partial charge in [-0.1, -0.05) is 24.3 Å². The molecule has 0 amide bonds. The third-order valence-electron chi connectivity index (χ3n) is 2.50. The molecular formula is C13H10N3O3-. The molecule has 2 aromatic carbocycles. The summed E-state index contributed by atoms with van der Waals surface area (Å²) in [6, 6.07) is 11.0. The first-order chi connectivity index (χ1) is 9.09. The summed E-state index contributed by atoms with van der Waals surface area (Å²) in [6.07, 6.45) is 1.28. The minimum absolute atomic E-state index is 0.150. The normalized spacial score (nSPS) is 10.7. The van der Waals surface area contributed by atoms with Gasteiger partial charge in [0, 0.05) is 12.3 Å². The van der Waals surface area contributed by atoms with Crippen molar-refractivity contribution in [2.45, 2.75) is 0 Å². The summed E-state index contributed by atoms with van der Waals surface area (Å²) in [5.41, 5.74) is 6.36. The minimum atomic E-state index is -0.712. The lowest BCUT2D eigenvalue weighted by Crippen LogP contribution is -2.01. The maximum atomic E-state index is 11.8. The van der Waals surface area contributed by atoms with Crippen LogP contribution in [-0.4, -0.2) is 11.1 Å². The molecule has 0 aliphatic heterocycles. The van der Waals surface area contributed by atoms with Gasteiger partial charge in [0.2, 0.25) is 0 Å². The van der Waals surface area contributed by atoms with E-state index in [9.17, 15) is 15.2 Å². The molecule has 0 radical (unpaired) electrons. The number of hydrogen-bond donors (Lipinski definition) is 1. The molecule has 96 valence electrons. The highest BCUT2D eigenvalue weighted by Gasteiger charge is 2.07. The first kappa shape index (κ1) is 12.6. The van der Waals surface area contributed by atoms with Crippen molar-refractivity contribution in [3.63, 3.8) is 0 Å². The number of nitro benzene ring substituents is 1. The lowest BCUT2D eigenvalue weighted by molar-refractivity contribution is -0.398. The van der Waals surface area contributed by atoms with Gasteiger partial charge in [0.05, 0.1) is 16.3 Å². The second-order valence-corrected chi connectivity index (χ2v) is 3.77. The summed E-state index contributed by atoms with van der Waals surface area (Å²) in [6.45, 7) is 0. The molecule has 0 saturated heterocycles. The van der Waals surface area contributed by atoms with Crippen molar-refractivity contribution in [1.82, 2.24) is 0 Å². The number of nitrogen functional groups attached to an aromatic ring is 1. The zero-order valence-electron chi connectivity index (χ0n) is 9.82. The fraction of sp³-hybridized carbons (Fsp3) is 0. The molecule has 0 atom stereocenters. The van der Waals surface area contributed by atoms with Crippen molar-refractivity contribution in [3.05, 3.63) is 58.1 Å². The van der Waals surface area contributed by atoms with Crippen LogP contribution in [0.4, 0.5) is 17.1 Å². The van der Waals surface area contributed by atoms with E-state index in [1.54, 1.807) is 24.3 Å². The summed E-state index contributed by atoms with van der Waals surface area (Å²) in [5, 5.41) is 22.4. The van der Waals surface area contributed by atoms with Gasteiger partial charge in [-0.25, -0.2) is 0 Å². The van der Waals surface area contributed by atoms with Crippen LogP contribution in [0.15, 0.2) is 47.5 Å².